The van der Waals surface area contributed by atoms with Gasteiger partial charge in [0.2, 0.25) is 0 Å². The maximum Gasteiger partial charge on any atom is 0.288 e. The second-order valence-corrected chi connectivity index (χ2v) is 7.15. The Balaban J connectivity index is 1.70. The molecular weight excluding hydrogens is 420 g/mol. The number of carbonyl (C=O) groups is 1. The predicted molar refractivity (Wildman–Crippen MR) is 118 cm³/mol. The van der Waals surface area contributed by atoms with Gasteiger partial charge >= 0.3 is 0 Å². The number of fused-ring (bicyclic) bond motifs is 1. The Hall–Kier alpha value is -4.04. The van der Waals surface area contributed by atoms with Crippen LogP contribution in [0.1, 0.15) is 16.2 Å². The number of hydrogen-bond donors (Lipinski definition) is 1. The Morgan fingerprint density at radius 1 is 1.10 bits per heavy atom. The van der Waals surface area contributed by atoms with Crippen LogP contribution in [0, 0.1) is 17.0 Å². The van der Waals surface area contributed by atoms with E-state index in [4.69, 9.17) is 11.6 Å². The molecule has 0 aliphatic rings. The minimum atomic E-state index is -0.651. The number of aromatic nitrogens is 2. The highest BCUT2D eigenvalue weighted by Gasteiger charge is 2.17. The van der Waals surface area contributed by atoms with E-state index in [9.17, 15) is 19.7 Å². The molecule has 1 aromatic heterocycles. The van der Waals surface area contributed by atoms with Crippen molar-refractivity contribution >= 4 is 39.8 Å². The lowest BCUT2D eigenvalue weighted by Gasteiger charge is -2.13. The number of nitrogens with zero attached hydrogens (tertiary/aromatic N) is 3. The lowest BCUT2D eigenvalue weighted by molar-refractivity contribution is -0.384. The van der Waals surface area contributed by atoms with Crippen molar-refractivity contribution in [2.24, 2.45) is 0 Å². The van der Waals surface area contributed by atoms with Gasteiger partial charge in [-0.05, 0) is 49.4 Å². The monoisotopic (exact) mass is 434 g/mol. The first-order valence-electron chi connectivity index (χ1n) is 9.19. The molecule has 0 aliphatic heterocycles. The van der Waals surface area contributed by atoms with E-state index in [2.05, 4.69) is 10.3 Å². The first kappa shape index (κ1) is 20.2. The van der Waals surface area contributed by atoms with Crippen molar-refractivity contribution in [1.29, 1.82) is 0 Å². The fraction of sp³-hybridized carbons (Fsp3) is 0.0455. The number of amides is 1. The summed E-state index contributed by atoms with van der Waals surface area (Å²) in [7, 11) is 0. The van der Waals surface area contributed by atoms with Crippen LogP contribution in [0.15, 0.2) is 71.5 Å². The smallest absolute Gasteiger partial charge is 0.288 e. The summed E-state index contributed by atoms with van der Waals surface area (Å²) >= 11 is 5.80. The third-order valence-electron chi connectivity index (χ3n) is 4.71. The van der Waals surface area contributed by atoms with Gasteiger partial charge in [0.1, 0.15) is 10.8 Å². The van der Waals surface area contributed by atoms with Gasteiger partial charge in [0.05, 0.1) is 21.5 Å². The zero-order valence-corrected chi connectivity index (χ0v) is 17.0. The van der Waals surface area contributed by atoms with Gasteiger partial charge in [-0.15, -0.1) is 0 Å². The van der Waals surface area contributed by atoms with Crippen molar-refractivity contribution in [3.05, 3.63) is 104 Å². The highest BCUT2D eigenvalue weighted by molar-refractivity contribution is 6.32. The van der Waals surface area contributed by atoms with Gasteiger partial charge in [-0.2, -0.15) is 0 Å². The average Bonchev–Trinajstić information content (AvgIpc) is 2.74. The first-order valence-corrected chi connectivity index (χ1v) is 9.57. The zero-order chi connectivity index (χ0) is 22.1. The molecule has 4 aromatic rings. The third kappa shape index (κ3) is 3.88. The number of carbonyl (C=O) groups excluding carboxylic acids is 1. The van der Waals surface area contributed by atoms with Crippen molar-refractivity contribution in [2.45, 2.75) is 6.92 Å². The van der Waals surface area contributed by atoms with Crippen LogP contribution in [-0.4, -0.2) is 20.4 Å². The van der Waals surface area contributed by atoms with Gasteiger partial charge in [0, 0.05) is 17.3 Å². The number of hydrogen-bond acceptors (Lipinski definition) is 5. The number of aryl methyl sites for hydroxylation is 1. The van der Waals surface area contributed by atoms with E-state index >= 15 is 0 Å². The number of benzene rings is 3. The quantitative estimate of drug-likeness (QED) is 0.375. The fourth-order valence-electron chi connectivity index (χ4n) is 3.27. The highest BCUT2D eigenvalue weighted by Crippen LogP contribution is 2.26. The van der Waals surface area contributed by atoms with Crippen molar-refractivity contribution < 1.29 is 9.72 Å². The fourth-order valence-corrected chi connectivity index (χ4v) is 3.45. The molecule has 0 fully saturated rings. The molecule has 154 valence electrons. The molecule has 1 amide bonds. The third-order valence-corrected chi connectivity index (χ3v) is 5.03. The number of anilines is 1. The van der Waals surface area contributed by atoms with Crippen molar-refractivity contribution in [3.8, 4) is 5.69 Å². The van der Waals surface area contributed by atoms with E-state index in [-0.39, 0.29) is 21.8 Å². The summed E-state index contributed by atoms with van der Waals surface area (Å²) in [4.78, 5) is 40.5. The second-order valence-electron chi connectivity index (χ2n) is 6.74. The Morgan fingerprint density at radius 2 is 1.87 bits per heavy atom. The topological polar surface area (TPSA) is 107 Å². The molecule has 1 N–H and O–H groups in total. The molecule has 0 bridgehead atoms. The van der Waals surface area contributed by atoms with Gasteiger partial charge < -0.3 is 5.32 Å². The van der Waals surface area contributed by atoms with E-state index in [1.807, 2.05) is 6.07 Å². The number of para-hydroxylation sites is 1. The van der Waals surface area contributed by atoms with E-state index in [1.54, 1.807) is 49.4 Å². The number of nitro benzene ring substituents is 1. The van der Waals surface area contributed by atoms with Crippen LogP contribution >= 0.6 is 11.6 Å². The Bertz CT molecular complexity index is 1410. The average molecular weight is 435 g/mol. The normalized spacial score (nSPS) is 10.8. The summed E-state index contributed by atoms with van der Waals surface area (Å²) in [6.45, 7) is 1.73. The molecule has 0 aliphatic carbocycles. The van der Waals surface area contributed by atoms with Crippen LogP contribution in [0.2, 0.25) is 5.02 Å². The predicted octanol–water partition coefficient (Wildman–Crippen LogP) is 4.51. The van der Waals surface area contributed by atoms with Crippen LogP contribution in [-0.2, 0) is 0 Å². The summed E-state index contributed by atoms with van der Waals surface area (Å²) < 4.78 is 1.46. The van der Waals surface area contributed by atoms with E-state index in [0.29, 0.717) is 28.1 Å². The van der Waals surface area contributed by atoms with E-state index in [0.717, 1.165) is 6.07 Å². The largest absolute Gasteiger partial charge is 0.322 e. The second kappa shape index (κ2) is 8.00. The molecule has 0 spiro atoms. The summed E-state index contributed by atoms with van der Waals surface area (Å²) in [5.74, 6) is -0.0434. The van der Waals surface area contributed by atoms with E-state index in [1.165, 1.54) is 16.7 Å². The zero-order valence-electron chi connectivity index (χ0n) is 16.2. The number of nitro groups is 1. The molecule has 4 rings (SSSR count). The molecule has 0 saturated carbocycles. The summed E-state index contributed by atoms with van der Waals surface area (Å²) in [6, 6.07) is 17.6. The van der Waals surface area contributed by atoms with Crippen molar-refractivity contribution in [3.63, 3.8) is 0 Å². The summed E-state index contributed by atoms with van der Waals surface area (Å²) in [5.41, 5.74) is 1.06. The maximum atomic E-state index is 13.0. The number of halogens is 1. The van der Waals surface area contributed by atoms with Gasteiger partial charge in [0.25, 0.3) is 17.2 Å². The first-order chi connectivity index (χ1) is 14.8. The Labute approximate surface area is 180 Å². The SMILES string of the molecule is Cc1nc2ccccc2c(=O)n1-c1cccc(NC(=O)c2ccc(Cl)c([N+](=O)[O-])c2)c1. The van der Waals surface area contributed by atoms with Gasteiger partial charge in [0.15, 0.2) is 0 Å². The van der Waals surface area contributed by atoms with Crippen molar-refractivity contribution in [1.82, 2.24) is 9.55 Å². The number of nitrogens with one attached hydrogen (secondary N) is 1. The molecule has 0 radical (unpaired) electrons. The molecule has 31 heavy (non-hydrogen) atoms. The lowest BCUT2D eigenvalue weighted by atomic mass is 10.1. The molecular formula is C22H15ClN4O4. The van der Waals surface area contributed by atoms with Crippen LogP contribution < -0.4 is 10.9 Å². The van der Waals surface area contributed by atoms with E-state index < -0.39 is 10.8 Å². The maximum absolute atomic E-state index is 13.0. The van der Waals surface area contributed by atoms with Crippen molar-refractivity contribution in [2.75, 3.05) is 5.32 Å². The summed E-state index contributed by atoms with van der Waals surface area (Å²) in [6.07, 6.45) is 0. The lowest BCUT2D eigenvalue weighted by Crippen LogP contribution is -2.22. The number of rotatable bonds is 4. The minimum Gasteiger partial charge on any atom is -0.322 e. The van der Waals surface area contributed by atoms with Crippen LogP contribution in [0.25, 0.3) is 16.6 Å². The van der Waals surface area contributed by atoms with Gasteiger partial charge in [-0.3, -0.25) is 24.3 Å². The molecule has 0 atom stereocenters. The Kier molecular flexibility index (Phi) is 5.22. The highest BCUT2D eigenvalue weighted by atomic mass is 35.5. The minimum absolute atomic E-state index is 0.0535. The Morgan fingerprint density at radius 3 is 2.65 bits per heavy atom. The molecule has 8 nitrogen and oxygen atoms in total. The molecule has 9 heteroatoms. The molecule has 1 heterocycles. The van der Waals surface area contributed by atoms with Crippen LogP contribution in [0.4, 0.5) is 11.4 Å². The molecule has 0 saturated heterocycles. The molecule has 0 unspecified atom stereocenters. The van der Waals surface area contributed by atoms with Gasteiger partial charge in [-0.25, -0.2) is 4.98 Å². The summed E-state index contributed by atoms with van der Waals surface area (Å²) in [5, 5.41) is 14.2. The van der Waals surface area contributed by atoms with Crippen LogP contribution in [0.3, 0.4) is 0 Å². The standard InChI is InChI=1S/C22H15ClN4O4/c1-13-24-19-8-3-2-7-17(19)22(29)26(13)16-6-4-5-15(12-16)25-21(28)14-9-10-18(23)20(11-14)27(30)31/h2-12H,1H3,(H,25,28). The van der Waals surface area contributed by atoms with Gasteiger partial charge in [-0.1, -0.05) is 29.8 Å². The molecule has 3 aromatic carbocycles. The van der Waals surface area contributed by atoms with Crippen LogP contribution in [0.5, 0.6) is 0 Å².